The molecule has 0 bridgehead atoms. The van der Waals surface area contributed by atoms with E-state index in [1.807, 2.05) is 29.9 Å². The summed E-state index contributed by atoms with van der Waals surface area (Å²) >= 11 is 0. The number of piperazine rings is 1. The van der Waals surface area contributed by atoms with Crippen LogP contribution in [-0.4, -0.2) is 65.4 Å². The number of nitrogens with zero attached hydrogens (tertiary/aromatic N) is 10. The predicted octanol–water partition coefficient (Wildman–Crippen LogP) is 0.666. The van der Waals surface area contributed by atoms with Gasteiger partial charge in [0.05, 0.1) is 6.33 Å². The molecule has 27 heavy (non-hydrogen) atoms. The zero-order valence-electron chi connectivity index (χ0n) is 14.8. The molecule has 4 aromatic rings. The zero-order valence-corrected chi connectivity index (χ0v) is 14.8. The van der Waals surface area contributed by atoms with Crippen LogP contribution < -0.4 is 9.80 Å². The summed E-state index contributed by atoms with van der Waals surface area (Å²) in [7, 11) is 1.94. The van der Waals surface area contributed by atoms with E-state index in [0.29, 0.717) is 0 Å². The largest absolute Gasteiger partial charge is 0.353 e. The molecule has 0 spiro atoms. The maximum atomic E-state index is 4.47. The highest BCUT2D eigenvalue weighted by atomic mass is 15.3. The Morgan fingerprint density at radius 3 is 2.44 bits per heavy atom. The minimum absolute atomic E-state index is 0.762. The van der Waals surface area contributed by atoms with Crippen LogP contribution in [0.1, 0.15) is 0 Å². The predicted molar refractivity (Wildman–Crippen MR) is 99.9 cm³/mol. The Kier molecular flexibility index (Phi) is 3.66. The molecule has 0 aromatic carbocycles. The molecule has 0 amide bonds. The van der Waals surface area contributed by atoms with Gasteiger partial charge in [-0.15, -0.1) is 0 Å². The van der Waals surface area contributed by atoms with Gasteiger partial charge in [0.25, 0.3) is 0 Å². The minimum atomic E-state index is 0.762. The third-order valence-corrected chi connectivity index (χ3v) is 4.76. The Bertz CT molecular complexity index is 1060. The SMILES string of the molecule is Cn1cnc2c(N3CCN(c4cc(-n5cccn5)ncn4)CC3)ncnc21. The van der Waals surface area contributed by atoms with Crippen molar-refractivity contribution >= 4 is 22.8 Å². The van der Waals surface area contributed by atoms with Gasteiger partial charge in [0, 0.05) is 51.7 Å². The van der Waals surface area contributed by atoms with Crippen LogP contribution in [0.25, 0.3) is 17.0 Å². The third kappa shape index (κ3) is 2.75. The molecule has 0 N–H and O–H groups in total. The molecule has 1 fully saturated rings. The van der Waals surface area contributed by atoms with Gasteiger partial charge in [0.15, 0.2) is 22.8 Å². The Balaban J connectivity index is 1.35. The average Bonchev–Trinajstić information content (AvgIpc) is 3.39. The normalized spacial score (nSPS) is 14.9. The molecule has 0 radical (unpaired) electrons. The van der Waals surface area contributed by atoms with Gasteiger partial charge in [-0.25, -0.2) is 29.6 Å². The van der Waals surface area contributed by atoms with E-state index in [1.54, 1.807) is 29.9 Å². The van der Waals surface area contributed by atoms with Crippen molar-refractivity contribution in [1.29, 1.82) is 0 Å². The monoisotopic (exact) mass is 362 g/mol. The number of rotatable bonds is 3. The van der Waals surface area contributed by atoms with Gasteiger partial charge >= 0.3 is 0 Å². The Labute approximate surface area is 155 Å². The Morgan fingerprint density at radius 2 is 1.63 bits per heavy atom. The van der Waals surface area contributed by atoms with E-state index >= 15 is 0 Å². The van der Waals surface area contributed by atoms with E-state index in [9.17, 15) is 0 Å². The molecule has 5 rings (SSSR count). The van der Waals surface area contributed by atoms with Gasteiger partial charge in [0.1, 0.15) is 18.5 Å². The maximum absolute atomic E-state index is 4.47. The molecule has 5 heterocycles. The molecular weight excluding hydrogens is 344 g/mol. The Morgan fingerprint density at radius 1 is 0.852 bits per heavy atom. The van der Waals surface area contributed by atoms with Crippen LogP contribution >= 0.6 is 0 Å². The summed E-state index contributed by atoms with van der Waals surface area (Å²) in [5.74, 6) is 2.56. The molecule has 1 saturated heterocycles. The first-order chi connectivity index (χ1) is 13.3. The number of aromatic nitrogens is 8. The summed E-state index contributed by atoms with van der Waals surface area (Å²) in [6.45, 7) is 3.36. The lowest BCUT2D eigenvalue weighted by atomic mass is 10.3. The van der Waals surface area contributed by atoms with E-state index in [1.165, 1.54) is 0 Å². The first-order valence-electron chi connectivity index (χ1n) is 8.73. The molecule has 10 nitrogen and oxygen atoms in total. The molecule has 136 valence electrons. The zero-order chi connectivity index (χ0) is 18.2. The second kappa shape index (κ2) is 6.31. The lowest BCUT2D eigenvalue weighted by Gasteiger charge is -2.36. The summed E-state index contributed by atoms with van der Waals surface area (Å²) in [6.07, 6.45) is 8.57. The van der Waals surface area contributed by atoms with Crippen molar-refractivity contribution < 1.29 is 0 Å². The third-order valence-electron chi connectivity index (χ3n) is 4.76. The summed E-state index contributed by atoms with van der Waals surface area (Å²) in [6, 6.07) is 3.84. The van der Waals surface area contributed by atoms with Crippen LogP contribution in [0.3, 0.4) is 0 Å². The van der Waals surface area contributed by atoms with Crippen LogP contribution in [0.4, 0.5) is 11.6 Å². The molecule has 0 atom stereocenters. The van der Waals surface area contributed by atoms with Crippen LogP contribution in [0.5, 0.6) is 0 Å². The number of fused-ring (bicyclic) bond motifs is 1. The van der Waals surface area contributed by atoms with Crippen molar-refractivity contribution in [3.8, 4) is 5.82 Å². The lowest BCUT2D eigenvalue weighted by molar-refractivity contribution is 0.641. The average molecular weight is 362 g/mol. The Hall–Kier alpha value is -3.56. The lowest BCUT2D eigenvalue weighted by Crippen LogP contribution is -2.47. The molecule has 0 saturated carbocycles. The van der Waals surface area contributed by atoms with Gasteiger partial charge in [-0.05, 0) is 6.07 Å². The van der Waals surface area contributed by atoms with Gasteiger partial charge < -0.3 is 14.4 Å². The van der Waals surface area contributed by atoms with Gasteiger partial charge in [0.2, 0.25) is 0 Å². The quantitative estimate of drug-likeness (QED) is 0.525. The smallest absolute Gasteiger partial charge is 0.165 e. The van der Waals surface area contributed by atoms with E-state index in [0.717, 1.165) is 54.8 Å². The fourth-order valence-electron chi connectivity index (χ4n) is 3.35. The maximum Gasteiger partial charge on any atom is 0.165 e. The summed E-state index contributed by atoms with van der Waals surface area (Å²) < 4.78 is 3.65. The molecular formula is C17H18N10. The van der Waals surface area contributed by atoms with Crippen LogP contribution in [-0.2, 0) is 7.05 Å². The van der Waals surface area contributed by atoms with Gasteiger partial charge in [-0.2, -0.15) is 5.10 Å². The summed E-state index contributed by atoms with van der Waals surface area (Å²) in [5, 5.41) is 4.23. The fourth-order valence-corrected chi connectivity index (χ4v) is 3.35. The first kappa shape index (κ1) is 15.7. The number of hydrogen-bond donors (Lipinski definition) is 0. The summed E-state index contributed by atoms with van der Waals surface area (Å²) in [4.78, 5) is 26.5. The van der Waals surface area contributed by atoms with E-state index in [4.69, 9.17) is 0 Å². The van der Waals surface area contributed by atoms with Crippen LogP contribution in [0.2, 0.25) is 0 Å². The van der Waals surface area contributed by atoms with Crippen molar-refractivity contribution in [3.63, 3.8) is 0 Å². The van der Waals surface area contributed by atoms with Crippen molar-refractivity contribution in [2.45, 2.75) is 0 Å². The molecule has 0 unspecified atom stereocenters. The molecule has 1 aliphatic heterocycles. The van der Waals surface area contributed by atoms with Gasteiger partial charge in [-0.1, -0.05) is 0 Å². The topological polar surface area (TPSA) is 93.7 Å². The first-order valence-corrected chi connectivity index (χ1v) is 8.73. The molecule has 1 aliphatic rings. The van der Waals surface area contributed by atoms with Crippen LogP contribution in [0, 0.1) is 0 Å². The highest BCUT2D eigenvalue weighted by Gasteiger charge is 2.22. The summed E-state index contributed by atoms with van der Waals surface area (Å²) in [5.41, 5.74) is 1.69. The van der Waals surface area contributed by atoms with Gasteiger partial charge in [-0.3, -0.25) is 0 Å². The van der Waals surface area contributed by atoms with Crippen molar-refractivity contribution in [2.24, 2.45) is 7.05 Å². The van der Waals surface area contributed by atoms with E-state index in [-0.39, 0.29) is 0 Å². The van der Waals surface area contributed by atoms with E-state index < -0.39 is 0 Å². The highest BCUT2D eigenvalue weighted by molar-refractivity contribution is 5.83. The second-order valence-electron chi connectivity index (χ2n) is 6.38. The van der Waals surface area contributed by atoms with Crippen LogP contribution in [0.15, 0.2) is 43.5 Å². The molecule has 4 aromatic heterocycles. The van der Waals surface area contributed by atoms with E-state index in [2.05, 4.69) is 39.8 Å². The minimum Gasteiger partial charge on any atom is -0.353 e. The number of anilines is 2. The van der Waals surface area contributed by atoms with Crippen molar-refractivity contribution in [1.82, 2.24) is 39.3 Å². The highest BCUT2D eigenvalue weighted by Crippen LogP contribution is 2.23. The fraction of sp³-hybridized carbons (Fsp3) is 0.294. The number of hydrogen-bond acceptors (Lipinski definition) is 8. The van der Waals surface area contributed by atoms with Crippen molar-refractivity contribution in [2.75, 3.05) is 36.0 Å². The number of aryl methyl sites for hydroxylation is 1. The number of imidazole rings is 1. The van der Waals surface area contributed by atoms with Crippen molar-refractivity contribution in [3.05, 3.63) is 43.5 Å². The molecule has 10 heteroatoms. The molecule has 0 aliphatic carbocycles. The standard InChI is InChI=1S/C17H18N10/c1-24-12-22-15-16(24)20-11-21-17(15)26-7-5-25(6-8-26)13-9-14(19-10-18-13)27-4-2-3-23-27/h2-4,9-12H,5-8H2,1H3. The second-order valence-corrected chi connectivity index (χ2v) is 6.38.